The number of fused-ring (bicyclic) bond motifs is 1. The van der Waals surface area contributed by atoms with Crippen molar-refractivity contribution in [3.8, 4) is 0 Å². The average Bonchev–Trinajstić information content (AvgIpc) is 3.30. The molecule has 1 amide bonds. The van der Waals surface area contributed by atoms with Crippen molar-refractivity contribution < 1.29 is 9.18 Å². The summed E-state index contributed by atoms with van der Waals surface area (Å²) in [6.07, 6.45) is 0. The first-order valence-electron chi connectivity index (χ1n) is 12.1. The highest BCUT2D eigenvalue weighted by Gasteiger charge is 2.38. The fourth-order valence-electron chi connectivity index (χ4n) is 5.17. The van der Waals surface area contributed by atoms with Crippen molar-refractivity contribution in [3.63, 3.8) is 0 Å². The van der Waals surface area contributed by atoms with Crippen LogP contribution in [0.15, 0.2) is 78.9 Å². The van der Waals surface area contributed by atoms with Crippen LogP contribution >= 0.6 is 11.3 Å². The smallest absolute Gasteiger partial charge is 0.229 e. The van der Waals surface area contributed by atoms with Gasteiger partial charge in [-0.2, -0.15) is 0 Å². The van der Waals surface area contributed by atoms with E-state index in [4.69, 9.17) is 0 Å². The van der Waals surface area contributed by atoms with E-state index >= 15 is 0 Å². The molecular formula is C28H27FN4OS. The van der Waals surface area contributed by atoms with Gasteiger partial charge in [0.1, 0.15) is 11.3 Å². The van der Waals surface area contributed by atoms with E-state index in [9.17, 15) is 9.18 Å². The molecule has 1 aromatic heterocycles. The van der Waals surface area contributed by atoms with Crippen molar-refractivity contribution in [2.24, 2.45) is 5.92 Å². The number of benzene rings is 3. The fraction of sp³-hybridized carbons (Fsp3) is 0.286. The van der Waals surface area contributed by atoms with Gasteiger partial charge in [0.25, 0.3) is 0 Å². The Morgan fingerprint density at radius 1 is 0.857 bits per heavy atom. The Balaban J connectivity index is 1.09. The summed E-state index contributed by atoms with van der Waals surface area (Å²) in [5.41, 5.74) is 2.98. The zero-order chi connectivity index (χ0) is 23.8. The Hall–Kier alpha value is -3.29. The van der Waals surface area contributed by atoms with Crippen LogP contribution in [0.5, 0.6) is 0 Å². The van der Waals surface area contributed by atoms with E-state index in [1.807, 2.05) is 11.0 Å². The van der Waals surface area contributed by atoms with Crippen molar-refractivity contribution in [2.75, 3.05) is 44.2 Å². The molecule has 35 heavy (non-hydrogen) atoms. The van der Waals surface area contributed by atoms with Crippen molar-refractivity contribution in [2.45, 2.75) is 6.04 Å². The molecule has 2 fully saturated rings. The first-order valence-corrected chi connectivity index (χ1v) is 12.9. The molecule has 0 aliphatic carbocycles. The molecule has 0 unspecified atom stereocenters. The van der Waals surface area contributed by atoms with Gasteiger partial charge in [0.05, 0.1) is 16.7 Å². The van der Waals surface area contributed by atoms with Crippen LogP contribution in [0.4, 0.5) is 9.52 Å². The standard InChI is InChI=1S/C28H27FN4OS/c29-23-12-7-13-24-25(23)30-28(35-24)33-18-22(19-33)27(34)32-16-14-31(15-17-32)26(20-8-3-1-4-9-20)21-10-5-2-6-11-21/h1-13,22,26H,14-19H2. The van der Waals surface area contributed by atoms with Crippen molar-refractivity contribution in [3.05, 3.63) is 95.8 Å². The van der Waals surface area contributed by atoms with E-state index in [-0.39, 0.29) is 23.7 Å². The molecule has 6 rings (SSSR count). The maximum absolute atomic E-state index is 14.0. The molecule has 0 atom stereocenters. The van der Waals surface area contributed by atoms with Crippen LogP contribution in [-0.2, 0) is 4.79 Å². The van der Waals surface area contributed by atoms with Crippen LogP contribution < -0.4 is 4.90 Å². The number of halogens is 1. The molecule has 2 aliphatic rings. The normalized spacial score (nSPS) is 17.2. The van der Waals surface area contributed by atoms with Gasteiger partial charge in [-0.15, -0.1) is 0 Å². The molecule has 3 heterocycles. The summed E-state index contributed by atoms with van der Waals surface area (Å²) in [5.74, 6) is -0.0815. The van der Waals surface area contributed by atoms with Crippen molar-refractivity contribution in [1.82, 2.24) is 14.8 Å². The Kier molecular flexibility index (Phi) is 5.96. The Bertz CT molecular complexity index is 1280. The van der Waals surface area contributed by atoms with Gasteiger partial charge in [0, 0.05) is 39.3 Å². The number of carbonyl (C=O) groups is 1. The Morgan fingerprint density at radius 3 is 2.09 bits per heavy atom. The third-order valence-electron chi connectivity index (χ3n) is 7.08. The van der Waals surface area contributed by atoms with Gasteiger partial charge in [-0.25, -0.2) is 9.37 Å². The number of anilines is 1. The molecule has 4 aromatic rings. The number of nitrogens with zero attached hydrogens (tertiary/aromatic N) is 4. The monoisotopic (exact) mass is 486 g/mol. The first kappa shape index (κ1) is 22.2. The van der Waals surface area contributed by atoms with Gasteiger partial charge in [0.15, 0.2) is 5.13 Å². The lowest BCUT2D eigenvalue weighted by molar-refractivity contribution is -0.138. The number of aromatic nitrogens is 1. The number of amides is 1. The van der Waals surface area contributed by atoms with E-state index in [1.54, 1.807) is 6.07 Å². The number of hydrogen-bond donors (Lipinski definition) is 0. The minimum atomic E-state index is -0.291. The second kappa shape index (κ2) is 9.40. The van der Waals surface area contributed by atoms with Crippen LogP contribution in [0.25, 0.3) is 10.2 Å². The van der Waals surface area contributed by atoms with Crippen LogP contribution in [-0.4, -0.2) is 60.0 Å². The van der Waals surface area contributed by atoms with Crippen molar-refractivity contribution >= 4 is 32.6 Å². The summed E-state index contributed by atoms with van der Waals surface area (Å²) >= 11 is 1.49. The number of piperazine rings is 1. The van der Waals surface area contributed by atoms with Gasteiger partial charge >= 0.3 is 0 Å². The summed E-state index contributed by atoms with van der Waals surface area (Å²) in [4.78, 5) is 24.3. The highest BCUT2D eigenvalue weighted by atomic mass is 32.1. The lowest BCUT2D eigenvalue weighted by atomic mass is 9.95. The van der Waals surface area contributed by atoms with Crippen molar-refractivity contribution in [1.29, 1.82) is 0 Å². The van der Waals surface area contributed by atoms with Gasteiger partial charge in [-0.1, -0.05) is 78.1 Å². The zero-order valence-corrected chi connectivity index (χ0v) is 20.2. The highest BCUT2D eigenvalue weighted by molar-refractivity contribution is 7.22. The van der Waals surface area contributed by atoms with E-state index in [0.717, 1.165) is 36.0 Å². The summed E-state index contributed by atoms with van der Waals surface area (Å²) in [5, 5.41) is 0.799. The molecule has 3 aromatic carbocycles. The Morgan fingerprint density at radius 2 is 1.49 bits per heavy atom. The fourth-order valence-corrected chi connectivity index (χ4v) is 6.17. The topological polar surface area (TPSA) is 39.7 Å². The number of hydrogen-bond acceptors (Lipinski definition) is 5. The lowest BCUT2D eigenvalue weighted by Crippen LogP contribution is -2.58. The predicted octanol–water partition coefficient (Wildman–Crippen LogP) is 4.81. The molecule has 0 spiro atoms. The molecule has 0 saturated carbocycles. The van der Waals surface area contributed by atoms with Gasteiger partial charge in [0.2, 0.25) is 5.91 Å². The molecule has 2 aliphatic heterocycles. The SMILES string of the molecule is O=C(C1CN(c2nc3c(F)cccc3s2)C1)N1CCN(C(c2ccccc2)c2ccccc2)CC1. The van der Waals surface area contributed by atoms with E-state index in [2.05, 4.69) is 75.4 Å². The minimum Gasteiger partial charge on any atom is -0.346 e. The Labute approximate surface area is 208 Å². The van der Waals surface area contributed by atoms with E-state index < -0.39 is 0 Å². The molecule has 5 nitrogen and oxygen atoms in total. The zero-order valence-electron chi connectivity index (χ0n) is 19.4. The number of carbonyl (C=O) groups excluding carboxylic acids is 1. The second-order valence-electron chi connectivity index (χ2n) is 9.27. The van der Waals surface area contributed by atoms with E-state index in [1.165, 1.54) is 28.5 Å². The summed E-state index contributed by atoms with van der Waals surface area (Å²) in [7, 11) is 0. The third-order valence-corrected chi connectivity index (χ3v) is 8.16. The molecule has 0 radical (unpaired) electrons. The molecule has 2 saturated heterocycles. The molecule has 0 bridgehead atoms. The number of rotatable bonds is 5. The molecular weight excluding hydrogens is 459 g/mol. The lowest BCUT2D eigenvalue weighted by Gasteiger charge is -2.44. The quantitative estimate of drug-likeness (QED) is 0.406. The molecule has 7 heteroatoms. The average molecular weight is 487 g/mol. The van der Waals surface area contributed by atoms with Crippen LogP contribution in [0, 0.1) is 11.7 Å². The van der Waals surface area contributed by atoms with Gasteiger partial charge in [-0.05, 0) is 23.3 Å². The number of thiazole rings is 1. The molecule has 0 N–H and O–H groups in total. The molecule has 178 valence electrons. The maximum atomic E-state index is 14.0. The van der Waals surface area contributed by atoms with Gasteiger partial charge in [-0.3, -0.25) is 9.69 Å². The second-order valence-corrected chi connectivity index (χ2v) is 10.3. The van der Waals surface area contributed by atoms with Crippen LogP contribution in [0.1, 0.15) is 17.2 Å². The number of para-hydroxylation sites is 1. The third kappa shape index (κ3) is 4.30. The first-order chi connectivity index (χ1) is 17.2. The minimum absolute atomic E-state index is 0.0162. The van der Waals surface area contributed by atoms with Crippen LogP contribution in [0.2, 0.25) is 0 Å². The van der Waals surface area contributed by atoms with Gasteiger partial charge < -0.3 is 9.80 Å². The van der Waals surface area contributed by atoms with E-state index in [0.29, 0.717) is 18.6 Å². The largest absolute Gasteiger partial charge is 0.346 e. The highest BCUT2D eigenvalue weighted by Crippen LogP contribution is 2.35. The maximum Gasteiger partial charge on any atom is 0.229 e. The summed E-state index contributed by atoms with van der Waals surface area (Å²) in [6.45, 7) is 4.45. The summed E-state index contributed by atoms with van der Waals surface area (Å²) in [6, 6.07) is 26.4. The van der Waals surface area contributed by atoms with Crippen LogP contribution in [0.3, 0.4) is 0 Å². The summed E-state index contributed by atoms with van der Waals surface area (Å²) < 4.78 is 14.8. The predicted molar refractivity (Wildman–Crippen MR) is 138 cm³/mol.